The highest BCUT2D eigenvalue weighted by Gasteiger charge is 2.40. The van der Waals surface area contributed by atoms with E-state index in [9.17, 15) is 4.79 Å². The molecule has 7 heteroatoms. The van der Waals surface area contributed by atoms with Crippen molar-refractivity contribution in [2.24, 2.45) is 10.9 Å². The topological polar surface area (TPSA) is 100 Å². The average molecular weight is 258 g/mol. The Morgan fingerprint density at radius 1 is 1.56 bits per heavy atom. The second-order valence-electron chi connectivity index (χ2n) is 4.74. The van der Waals surface area contributed by atoms with Crippen LogP contribution in [-0.4, -0.2) is 60.7 Å². The van der Waals surface area contributed by atoms with E-state index in [1.165, 1.54) is 7.11 Å². The van der Waals surface area contributed by atoms with Crippen molar-refractivity contribution in [2.75, 3.05) is 27.2 Å². The molecule has 1 atom stereocenters. The quantitative estimate of drug-likeness (QED) is 0.269. The lowest BCUT2D eigenvalue weighted by molar-refractivity contribution is -0.131. The van der Waals surface area contributed by atoms with Crippen molar-refractivity contribution in [1.29, 1.82) is 0 Å². The van der Waals surface area contributed by atoms with Gasteiger partial charge in [-0.25, -0.2) is 0 Å². The Kier molecular flexibility index (Phi) is 4.92. The Balaban J connectivity index is 2.83. The maximum atomic E-state index is 11.9. The van der Waals surface area contributed by atoms with Crippen LogP contribution in [0.4, 0.5) is 0 Å². The smallest absolute Gasteiger partial charge is 0.249 e. The number of carbonyl (C=O) groups excluding carboxylic acids is 1. The molecule has 104 valence electrons. The van der Waals surface area contributed by atoms with Crippen LogP contribution in [0.2, 0.25) is 0 Å². The van der Waals surface area contributed by atoms with Gasteiger partial charge in [-0.15, -0.1) is 0 Å². The van der Waals surface area contributed by atoms with E-state index in [1.54, 1.807) is 6.92 Å². The van der Waals surface area contributed by atoms with Gasteiger partial charge in [-0.3, -0.25) is 4.79 Å². The summed E-state index contributed by atoms with van der Waals surface area (Å²) in [6.07, 6.45) is 0.663. The molecule has 18 heavy (non-hydrogen) atoms. The number of amides is 1. The van der Waals surface area contributed by atoms with E-state index < -0.39 is 11.6 Å². The minimum atomic E-state index is -0.773. The summed E-state index contributed by atoms with van der Waals surface area (Å²) in [5.74, 6) is -0.207. The SMILES string of the molecule is COC(C)C(=O)NC1(C(N)=NO)CCN(C)CC1. The predicted molar refractivity (Wildman–Crippen MR) is 67.5 cm³/mol. The fourth-order valence-electron chi connectivity index (χ4n) is 1.99. The summed E-state index contributed by atoms with van der Waals surface area (Å²) in [5.41, 5.74) is 4.97. The highest BCUT2D eigenvalue weighted by atomic mass is 16.5. The number of nitrogens with one attached hydrogen (secondary N) is 1. The molecule has 0 aromatic heterocycles. The number of piperidine rings is 1. The van der Waals surface area contributed by atoms with Crippen LogP contribution in [0.3, 0.4) is 0 Å². The number of ether oxygens (including phenoxy) is 1. The molecule has 0 spiro atoms. The predicted octanol–water partition coefficient (Wildman–Crippen LogP) is -0.652. The van der Waals surface area contributed by atoms with Crippen molar-refractivity contribution in [1.82, 2.24) is 10.2 Å². The van der Waals surface area contributed by atoms with Crippen LogP contribution in [-0.2, 0) is 9.53 Å². The number of amidine groups is 1. The molecule has 4 N–H and O–H groups in total. The fraction of sp³-hybridized carbons (Fsp3) is 0.818. The molecule has 0 radical (unpaired) electrons. The first-order chi connectivity index (χ1) is 8.45. The molecular weight excluding hydrogens is 236 g/mol. The number of hydrogen-bond acceptors (Lipinski definition) is 5. The summed E-state index contributed by atoms with van der Waals surface area (Å²) in [6.45, 7) is 3.21. The monoisotopic (exact) mass is 258 g/mol. The van der Waals surface area contributed by atoms with E-state index in [0.29, 0.717) is 12.8 Å². The third-order valence-electron chi connectivity index (χ3n) is 3.52. The van der Waals surface area contributed by atoms with Crippen molar-refractivity contribution in [2.45, 2.75) is 31.4 Å². The van der Waals surface area contributed by atoms with Crippen molar-refractivity contribution in [3.05, 3.63) is 0 Å². The van der Waals surface area contributed by atoms with Crippen LogP contribution in [0, 0.1) is 0 Å². The highest BCUT2D eigenvalue weighted by molar-refractivity contribution is 5.95. The van der Waals surface area contributed by atoms with Gasteiger partial charge in [0.1, 0.15) is 11.6 Å². The van der Waals surface area contributed by atoms with E-state index in [1.807, 2.05) is 7.05 Å². The Morgan fingerprint density at radius 3 is 2.56 bits per heavy atom. The summed E-state index contributed by atoms with van der Waals surface area (Å²) in [5, 5.41) is 14.8. The highest BCUT2D eigenvalue weighted by Crippen LogP contribution is 2.22. The lowest BCUT2D eigenvalue weighted by Crippen LogP contribution is -2.63. The zero-order valence-electron chi connectivity index (χ0n) is 11.1. The first-order valence-corrected chi connectivity index (χ1v) is 5.96. The summed E-state index contributed by atoms with van der Waals surface area (Å²) in [4.78, 5) is 14.0. The number of rotatable bonds is 4. The molecule has 1 fully saturated rings. The van der Waals surface area contributed by atoms with Crippen LogP contribution in [0.1, 0.15) is 19.8 Å². The molecule has 1 saturated heterocycles. The lowest BCUT2D eigenvalue weighted by Gasteiger charge is -2.40. The Labute approximate surface area is 107 Å². The van der Waals surface area contributed by atoms with Gasteiger partial charge in [-0.05, 0) is 26.8 Å². The van der Waals surface area contributed by atoms with Gasteiger partial charge in [-0.2, -0.15) is 0 Å². The normalized spacial score (nSPS) is 22.5. The van der Waals surface area contributed by atoms with Crippen LogP contribution in [0.5, 0.6) is 0 Å². The van der Waals surface area contributed by atoms with Gasteiger partial charge in [0.2, 0.25) is 5.91 Å². The van der Waals surface area contributed by atoms with Gasteiger partial charge in [0, 0.05) is 20.2 Å². The van der Waals surface area contributed by atoms with Crippen LogP contribution < -0.4 is 11.1 Å². The summed E-state index contributed by atoms with van der Waals surface area (Å²) in [6, 6.07) is 0. The lowest BCUT2D eigenvalue weighted by atomic mass is 9.86. The number of carbonyl (C=O) groups is 1. The molecule has 0 aliphatic carbocycles. The van der Waals surface area contributed by atoms with Crippen molar-refractivity contribution < 1.29 is 14.7 Å². The van der Waals surface area contributed by atoms with Gasteiger partial charge in [0.25, 0.3) is 0 Å². The average Bonchev–Trinajstić information content (AvgIpc) is 2.39. The van der Waals surface area contributed by atoms with Crippen molar-refractivity contribution in [3.8, 4) is 0 Å². The van der Waals surface area contributed by atoms with E-state index in [0.717, 1.165) is 13.1 Å². The fourth-order valence-corrected chi connectivity index (χ4v) is 1.99. The first kappa shape index (κ1) is 14.7. The Morgan fingerprint density at radius 2 is 2.11 bits per heavy atom. The largest absolute Gasteiger partial charge is 0.409 e. The molecule has 0 aromatic carbocycles. The van der Waals surface area contributed by atoms with Crippen molar-refractivity contribution in [3.63, 3.8) is 0 Å². The molecule has 1 amide bonds. The third kappa shape index (κ3) is 3.11. The minimum Gasteiger partial charge on any atom is -0.409 e. The molecular formula is C11H22N4O3. The van der Waals surface area contributed by atoms with Crippen molar-refractivity contribution >= 4 is 11.7 Å². The third-order valence-corrected chi connectivity index (χ3v) is 3.52. The molecule has 7 nitrogen and oxygen atoms in total. The zero-order valence-corrected chi connectivity index (χ0v) is 11.1. The first-order valence-electron chi connectivity index (χ1n) is 5.96. The van der Waals surface area contributed by atoms with E-state index in [-0.39, 0.29) is 11.7 Å². The van der Waals surface area contributed by atoms with E-state index in [4.69, 9.17) is 15.7 Å². The maximum absolute atomic E-state index is 11.9. The molecule has 1 aliphatic heterocycles. The number of methoxy groups -OCH3 is 1. The van der Waals surface area contributed by atoms with Crippen LogP contribution in [0.15, 0.2) is 5.16 Å². The van der Waals surface area contributed by atoms with Crippen LogP contribution >= 0.6 is 0 Å². The van der Waals surface area contributed by atoms with E-state index in [2.05, 4.69) is 15.4 Å². The second-order valence-corrected chi connectivity index (χ2v) is 4.74. The summed E-state index contributed by atoms with van der Waals surface area (Å²) >= 11 is 0. The van der Waals surface area contributed by atoms with Gasteiger partial charge < -0.3 is 25.9 Å². The molecule has 1 heterocycles. The second kappa shape index (κ2) is 6.01. The number of likely N-dealkylation sites (tertiary alicyclic amines) is 1. The molecule has 1 unspecified atom stereocenters. The van der Waals surface area contributed by atoms with Crippen LogP contribution in [0.25, 0.3) is 0 Å². The molecule has 0 bridgehead atoms. The summed E-state index contributed by atoms with van der Waals surface area (Å²) in [7, 11) is 3.46. The Hall–Kier alpha value is -1.34. The molecule has 1 aliphatic rings. The Bertz CT molecular complexity index is 324. The minimum absolute atomic E-state index is 0.0484. The van der Waals surface area contributed by atoms with Gasteiger partial charge in [0.15, 0.2) is 5.84 Å². The van der Waals surface area contributed by atoms with Gasteiger partial charge in [-0.1, -0.05) is 5.16 Å². The molecule has 1 rings (SSSR count). The van der Waals surface area contributed by atoms with E-state index >= 15 is 0 Å². The summed E-state index contributed by atoms with van der Waals surface area (Å²) < 4.78 is 4.97. The maximum Gasteiger partial charge on any atom is 0.249 e. The number of oxime groups is 1. The standard InChI is InChI=1S/C11H22N4O3/c1-8(18-3)9(16)13-11(10(12)14-17)4-6-15(2)7-5-11/h8,17H,4-7H2,1-3H3,(H2,12,14)(H,13,16). The van der Waals surface area contributed by atoms with Gasteiger partial charge in [0.05, 0.1) is 0 Å². The molecule has 0 aromatic rings. The number of nitrogens with zero attached hydrogens (tertiary/aromatic N) is 2. The number of hydrogen-bond donors (Lipinski definition) is 3. The zero-order chi connectivity index (χ0) is 13.8. The van der Waals surface area contributed by atoms with Gasteiger partial charge >= 0.3 is 0 Å². The number of nitrogens with two attached hydrogens (primary N) is 1. The molecule has 0 saturated carbocycles.